The summed E-state index contributed by atoms with van der Waals surface area (Å²) in [5.41, 5.74) is 1.69. The molecule has 0 aliphatic rings. The largest absolute Gasteiger partial charge is 0.325 e. The molecule has 0 aliphatic carbocycles. The molecule has 0 bridgehead atoms. The third-order valence-corrected chi connectivity index (χ3v) is 5.90. The van der Waals surface area contributed by atoms with Crippen molar-refractivity contribution >= 4 is 46.3 Å². The molecule has 0 aliphatic heterocycles. The topological polar surface area (TPSA) is 59.8 Å². The Morgan fingerprint density at radius 2 is 2.26 bits per heavy atom. The summed E-state index contributed by atoms with van der Waals surface area (Å²) in [7, 11) is 0. The Kier molecular flexibility index (Phi) is 6.71. The summed E-state index contributed by atoms with van der Waals surface area (Å²) >= 11 is 9.05. The van der Waals surface area contributed by atoms with E-state index in [4.69, 9.17) is 11.6 Å². The maximum absolute atomic E-state index is 12.3. The molecule has 1 aromatic carbocycles. The molecule has 0 spiro atoms. The van der Waals surface area contributed by atoms with Crippen LogP contribution in [0.3, 0.4) is 0 Å². The minimum atomic E-state index is -0.113. The molecular formula is C19H19ClN4OS2. The van der Waals surface area contributed by atoms with E-state index < -0.39 is 0 Å². The van der Waals surface area contributed by atoms with Gasteiger partial charge in [-0.1, -0.05) is 41.6 Å². The highest BCUT2D eigenvalue weighted by atomic mass is 35.5. The van der Waals surface area contributed by atoms with Crippen molar-refractivity contribution < 1.29 is 4.79 Å². The van der Waals surface area contributed by atoms with E-state index in [0.29, 0.717) is 23.1 Å². The second-order valence-corrected chi connectivity index (χ2v) is 8.26. The van der Waals surface area contributed by atoms with E-state index in [1.807, 2.05) is 29.0 Å². The van der Waals surface area contributed by atoms with Crippen molar-refractivity contribution in [3.05, 3.63) is 69.7 Å². The van der Waals surface area contributed by atoms with Gasteiger partial charge in [0.1, 0.15) is 5.82 Å². The molecule has 8 heteroatoms. The number of nitrogens with zero attached hydrogens (tertiary/aromatic N) is 3. The number of thiophene rings is 1. The first-order valence-electron chi connectivity index (χ1n) is 8.31. The summed E-state index contributed by atoms with van der Waals surface area (Å²) in [6.45, 7) is 6.34. The van der Waals surface area contributed by atoms with Gasteiger partial charge in [0.05, 0.1) is 5.75 Å². The zero-order valence-corrected chi connectivity index (χ0v) is 17.2. The Morgan fingerprint density at radius 3 is 3.00 bits per heavy atom. The highest BCUT2D eigenvalue weighted by Gasteiger charge is 2.15. The minimum Gasteiger partial charge on any atom is -0.325 e. The first-order chi connectivity index (χ1) is 13.1. The number of thioether (sulfide) groups is 1. The van der Waals surface area contributed by atoms with Crippen LogP contribution in [0.25, 0.3) is 0 Å². The number of rotatable bonds is 8. The molecule has 5 nitrogen and oxygen atoms in total. The molecule has 3 rings (SSSR count). The minimum absolute atomic E-state index is 0.113. The Hall–Kier alpha value is -2.09. The SMILES string of the molecule is C=CCn1c(Cc2cccs2)nnc1SCC(=O)Nc1cc(Cl)ccc1C. The number of aromatic nitrogens is 3. The number of benzene rings is 1. The molecular weight excluding hydrogens is 400 g/mol. The number of carbonyl (C=O) groups excluding carboxylic acids is 1. The number of aryl methyl sites for hydroxylation is 1. The molecule has 140 valence electrons. The normalized spacial score (nSPS) is 10.7. The summed E-state index contributed by atoms with van der Waals surface area (Å²) in [5.74, 6) is 0.990. The molecule has 2 aromatic heterocycles. The van der Waals surface area contributed by atoms with E-state index in [0.717, 1.165) is 17.1 Å². The zero-order valence-electron chi connectivity index (χ0n) is 14.8. The number of halogens is 1. The quantitative estimate of drug-likeness (QED) is 0.421. The van der Waals surface area contributed by atoms with Crippen LogP contribution >= 0.6 is 34.7 Å². The van der Waals surface area contributed by atoms with Gasteiger partial charge >= 0.3 is 0 Å². The Morgan fingerprint density at radius 1 is 1.41 bits per heavy atom. The molecule has 1 N–H and O–H groups in total. The number of amides is 1. The Balaban J connectivity index is 1.66. The molecule has 0 saturated heterocycles. The summed E-state index contributed by atoms with van der Waals surface area (Å²) in [6, 6.07) is 9.52. The lowest BCUT2D eigenvalue weighted by Gasteiger charge is -2.09. The van der Waals surface area contributed by atoms with E-state index in [1.165, 1.54) is 16.6 Å². The lowest BCUT2D eigenvalue weighted by molar-refractivity contribution is -0.113. The number of allylic oxidation sites excluding steroid dienone is 1. The fourth-order valence-corrected chi connectivity index (χ4v) is 4.12. The van der Waals surface area contributed by atoms with Crippen molar-refractivity contribution in [2.45, 2.75) is 25.0 Å². The Bertz CT molecular complexity index is 937. The van der Waals surface area contributed by atoms with Crippen LogP contribution in [0.2, 0.25) is 5.02 Å². The van der Waals surface area contributed by atoms with E-state index in [2.05, 4.69) is 28.2 Å². The number of carbonyl (C=O) groups is 1. The van der Waals surface area contributed by atoms with E-state index in [9.17, 15) is 4.79 Å². The molecule has 0 fully saturated rings. The van der Waals surface area contributed by atoms with Gasteiger partial charge in [0.2, 0.25) is 5.91 Å². The highest BCUT2D eigenvalue weighted by molar-refractivity contribution is 7.99. The van der Waals surface area contributed by atoms with Crippen LogP contribution in [0.4, 0.5) is 5.69 Å². The van der Waals surface area contributed by atoms with Crippen LogP contribution in [0.15, 0.2) is 53.5 Å². The van der Waals surface area contributed by atoms with E-state index >= 15 is 0 Å². The van der Waals surface area contributed by atoms with Crippen LogP contribution in [-0.2, 0) is 17.8 Å². The summed E-state index contributed by atoms with van der Waals surface area (Å²) in [4.78, 5) is 13.6. The third kappa shape index (κ3) is 5.22. The Labute approximate surface area is 171 Å². The standard InChI is InChI=1S/C19H19ClN4OS2/c1-3-8-24-17(11-15-5-4-9-26-15)22-23-19(24)27-12-18(25)21-16-10-14(20)7-6-13(16)2/h3-7,9-10H,1,8,11-12H2,2H3,(H,21,25). The van der Waals surface area contributed by atoms with E-state index in [-0.39, 0.29) is 11.7 Å². The van der Waals surface area contributed by atoms with Crippen molar-refractivity contribution in [3.63, 3.8) is 0 Å². The van der Waals surface area contributed by atoms with Gasteiger partial charge in [-0.05, 0) is 36.1 Å². The van der Waals surface area contributed by atoms with Crippen LogP contribution in [0.1, 0.15) is 16.3 Å². The van der Waals surface area contributed by atoms with Gasteiger partial charge in [0, 0.05) is 28.6 Å². The molecule has 3 aromatic rings. The van der Waals surface area contributed by atoms with Crippen molar-refractivity contribution in [2.75, 3.05) is 11.1 Å². The van der Waals surface area contributed by atoms with E-state index in [1.54, 1.807) is 29.5 Å². The summed E-state index contributed by atoms with van der Waals surface area (Å²) in [5, 5.41) is 14.8. The fraction of sp³-hybridized carbons (Fsp3) is 0.211. The summed E-state index contributed by atoms with van der Waals surface area (Å²) < 4.78 is 2.00. The van der Waals surface area contributed by atoms with Crippen LogP contribution in [0, 0.1) is 6.92 Å². The van der Waals surface area contributed by atoms with Crippen molar-refractivity contribution in [3.8, 4) is 0 Å². The highest BCUT2D eigenvalue weighted by Crippen LogP contribution is 2.23. The molecule has 0 radical (unpaired) electrons. The van der Waals surface area contributed by atoms with Crippen molar-refractivity contribution in [1.82, 2.24) is 14.8 Å². The molecule has 2 heterocycles. The van der Waals surface area contributed by atoms with Gasteiger partial charge in [-0.25, -0.2) is 0 Å². The molecule has 0 atom stereocenters. The molecule has 0 saturated carbocycles. The maximum Gasteiger partial charge on any atom is 0.234 e. The number of hydrogen-bond acceptors (Lipinski definition) is 5. The molecule has 27 heavy (non-hydrogen) atoms. The predicted octanol–water partition coefficient (Wildman–Crippen LogP) is 4.81. The number of anilines is 1. The van der Waals surface area contributed by atoms with Crippen LogP contribution in [0.5, 0.6) is 0 Å². The van der Waals surface area contributed by atoms with Gasteiger partial charge in [0.15, 0.2) is 5.16 Å². The van der Waals surface area contributed by atoms with Gasteiger partial charge in [-0.3, -0.25) is 4.79 Å². The van der Waals surface area contributed by atoms with Crippen LogP contribution < -0.4 is 5.32 Å². The first kappa shape index (κ1) is 19.7. The monoisotopic (exact) mass is 418 g/mol. The fourth-order valence-electron chi connectivity index (χ4n) is 2.48. The first-order valence-corrected chi connectivity index (χ1v) is 10.6. The van der Waals surface area contributed by atoms with Gasteiger partial charge in [-0.15, -0.1) is 28.1 Å². The smallest absolute Gasteiger partial charge is 0.234 e. The lowest BCUT2D eigenvalue weighted by Crippen LogP contribution is -2.15. The second kappa shape index (κ2) is 9.21. The van der Waals surface area contributed by atoms with Gasteiger partial charge in [0.25, 0.3) is 0 Å². The second-order valence-electron chi connectivity index (χ2n) is 5.85. The van der Waals surface area contributed by atoms with Crippen molar-refractivity contribution in [2.24, 2.45) is 0 Å². The zero-order chi connectivity index (χ0) is 19.2. The van der Waals surface area contributed by atoms with Crippen LogP contribution in [-0.4, -0.2) is 26.4 Å². The van der Waals surface area contributed by atoms with Gasteiger partial charge in [-0.2, -0.15) is 0 Å². The number of hydrogen-bond donors (Lipinski definition) is 1. The molecule has 1 amide bonds. The maximum atomic E-state index is 12.3. The lowest BCUT2D eigenvalue weighted by atomic mass is 10.2. The number of nitrogens with one attached hydrogen (secondary N) is 1. The van der Waals surface area contributed by atoms with Gasteiger partial charge < -0.3 is 9.88 Å². The molecule has 0 unspecified atom stereocenters. The summed E-state index contributed by atoms with van der Waals surface area (Å²) in [6.07, 6.45) is 2.52. The predicted molar refractivity (Wildman–Crippen MR) is 113 cm³/mol. The third-order valence-electron chi connectivity index (χ3n) is 3.82. The van der Waals surface area contributed by atoms with Crippen molar-refractivity contribution in [1.29, 1.82) is 0 Å². The average molecular weight is 419 g/mol. The average Bonchev–Trinajstić information content (AvgIpc) is 3.28.